The van der Waals surface area contributed by atoms with Crippen LogP contribution in [0.15, 0.2) is 18.5 Å². The molecule has 0 saturated carbocycles. The van der Waals surface area contributed by atoms with Crippen molar-refractivity contribution in [3.05, 3.63) is 18.5 Å². The molecule has 1 aromatic rings. The Morgan fingerprint density at radius 2 is 2.27 bits per heavy atom. The van der Waals surface area contributed by atoms with E-state index in [1.54, 1.807) is 12.4 Å². The van der Waals surface area contributed by atoms with Gasteiger partial charge in [0.2, 0.25) is 0 Å². The molecule has 4 nitrogen and oxygen atoms in total. The average molecular weight is 209 g/mol. The molecule has 0 unspecified atom stereocenters. The van der Waals surface area contributed by atoms with Gasteiger partial charge in [-0.25, -0.2) is 0 Å². The number of nitrogens with one attached hydrogen (secondary N) is 1. The number of pyridine rings is 1. The first kappa shape index (κ1) is 11.8. The number of ether oxygens (including phenoxy) is 1. The Labute approximate surface area is 90.8 Å². The normalized spacial score (nSPS) is 10.0. The molecule has 15 heavy (non-hydrogen) atoms. The molecular formula is C11H19N3O. The zero-order chi connectivity index (χ0) is 10.9. The molecule has 0 fully saturated rings. The van der Waals surface area contributed by atoms with Crippen LogP contribution in [0.3, 0.4) is 0 Å². The quantitative estimate of drug-likeness (QED) is 0.670. The van der Waals surface area contributed by atoms with Crippen LogP contribution in [-0.2, 0) is 0 Å². The standard InChI is InChI=1S/C11H19N3O/c1-2-15-11-7-10(8-13-9-11)14-6-4-3-5-12/h7-9,14H,2-6,12H2,1H3. The van der Waals surface area contributed by atoms with Gasteiger partial charge in [-0.15, -0.1) is 0 Å². The first-order valence-corrected chi connectivity index (χ1v) is 5.38. The predicted molar refractivity (Wildman–Crippen MR) is 62.2 cm³/mol. The monoisotopic (exact) mass is 209 g/mol. The summed E-state index contributed by atoms with van der Waals surface area (Å²) in [6, 6.07) is 1.96. The molecule has 0 amide bonds. The number of aromatic nitrogens is 1. The maximum absolute atomic E-state index is 5.41. The molecule has 4 heteroatoms. The molecule has 1 rings (SSSR count). The molecule has 0 aliphatic rings. The highest BCUT2D eigenvalue weighted by Crippen LogP contribution is 2.14. The maximum atomic E-state index is 5.41. The van der Waals surface area contributed by atoms with E-state index in [4.69, 9.17) is 10.5 Å². The number of nitrogens with two attached hydrogens (primary N) is 1. The topological polar surface area (TPSA) is 60.2 Å². The molecule has 0 aliphatic carbocycles. The molecule has 84 valence electrons. The van der Waals surface area contributed by atoms with E-state index < -0.39 is 0 Å². The van der Waals surface area contributed by atoms with E-state index in [1.807, 2.05) is 13.0 Å². The van der Waals surface area contributed by atoms with Crippen LogP contribution < -0.4 is 15.8 Å². The lowest BCUT2D eigenvalue weighted by Gasteiger charge is -2.07. The third-order valence-electron chi connectivity index (χ3n) is 1.98. The average Bonchev–Trinajstić information content (AvgIpc) is 2.26. The van der Waals surface area contributed by atoms with Gasteiger partial charge < -0.3 is 15.8 Å². The highest BCUT2D eigenvalue weighted by Gasteiger charge is 1.96. The van der Waals surface area contributed by atoms with Crippen LogP contribution in [0.1, 0.15) is 19.8 Å². The minimum absolute atomic E-state index is 0.665. The van der Waals surface area contributed by atoms with Gasteiger partial charge in [-0.05, 0) is 26.3 Å². The van der Waals surface area contributed by atoms with Crippen molar-refractivity contribution in [1.82, 2.24) is 4.98 Å². The van der Waals surface area contributed by atoms with E-state index in [-0.39, 0.29) is 0 Å². The number of unbranched alkanes of at least 4 members (excludes halogenated alkanes) is 1. The Balaban J connectivity index is 2.36. The van der Waals surface area contributed by atoms with Crippen molar-refractivity contribution in [3.8, 4) is 5.75 Å². The van der Waals surface area contributed by atoms with Crippen LogP contribution in [0.4, 0.5) is 5.69 Å². The van der Waals surface area contributed by atoms with Crippen molar-refractivity contribution in [2.45, 2.75) is 19.8 Å². The van der Waals surface area contributed by atoms with Gasteiger partial charge >= 0.3 is 0 Å². The van der Waals surface area contributed by atoms with E-state index in [0.717, 1.165) is 37.4 Å². The summed E-state index contributed by atoms with van der Waals surface area (Å²) in [6.07, 6.45) is 5.64. The fourth-order valence-corrected chi connectivity index (χ4v) is 1.26. The number of nitrogens with zero attached hydrogens (tertiary/aromatic N) is 1. The molecule has 0 aromatic carbocycles. The van der Waals surface area contributed by atoms with E-state index in [1.165, 1.54) is 0 Å². The van der Waals surface area contributed by atoms with Crippen LogP contribution in [0.2, 0.25) is 0 Å². The van der Waals surface area contributed by atoms with Gasteiger partial charge in [-0.1, -0.05) is 0 Å². The van der Waals surface area contributed by atoms with Crippen LogP contribution in [-0.4, -0.2) is 24.7 Å². The lowest BCUT2D eigenvalue weighted by atomic mass is 10.3. The van der Waals surface area contributed by atoms with Crippen molar-refractivity contribution < 1.29 is 4.74 Å². The van der Waals surface area contributed by atoms with Gasteiger partial charge in [-0.3, -0.25) is 4.98 Å². The number of anilines is 1. The summed E-state index contributed by atoms with van der Waals surface area (Å²) in [4.78, 5) is 4.09. The summed E-state index contributed by atoms with van der Waals surface area (Å²) in [5.41, 5.74) is 6.41. The molecule has 1 heterocycles. The summed E-state index contributed by atoms with van der Waals surface area (Å²) in [5.74, 6) is 0.807. The van der Waals surface area contributed by atoms with Gasteiger partial charge in [0.15, 0.2) is 0 Å². The van der Waals surface area contributed by atoms with Crippen molar-refractivity contribution in [1.29, 1.82) is 0 Å². The van der Waals surface area contributed by atoms with Crippen molar-refractivity contribution in [2.75, 3.05) is 25.0 Å². The van der Waals surface area contributed by atoms with Gasteiger partial charge in [-0.2, -0.15) is 0 Å². The summed E-state index contributed by atoms with van der Waals surface area (Å²) in [6.45, 7) is 4.30. The molecule has 0 saturated heterocycles. The van der Waals surface area contributed by atoms with Crippen molar-refractivity contribution in [3.63, 3.8) is 0 Å². The predicted octanol–water partition coefficient (Wildman–Crippen LogP) is 1.63. The molecule has 0 spiro atoms. The Kier molecular flexibility index (Phi) is 5.55. The maximum Gasteiger partial charge on any atom is 0.139 e. The number of rotatable bonds is 7. The third kappa shape index (κ3) is 4.65. The van der Waals surface area contributed by atoms with Gasteiger partial charge in [0.25, 0.3) is 0 Å². The Morgan fingerprint density at radius 1 is 1.40 bits per heavy atom. The fraction of sp³-hybridized carbons (Fsp3) is 0.545. The zero-order valence-electron chi connectivity index (χ0n) is 9.20. The summed E-state index contributed by atoms with van der Waals surface area (Å²) in [7, 11) is 0. The number of hydrogen-bond donors (Lipinski definition) is 2. The lowest BCUT2D eigenvalue weighted by Crippen LogP contribution is -2.06. The lowest BCUT2D eigenvalue weighted by molar-refractivity contribution is 0.339. The van der Waals surface area contributed by atoms with Crippen LogP contribution in [0.5, 0.6) is 5.75 Å². The van der Waals surface area contributed by atoms with E-state index in [0.29, 0.717) is 6.61 Å². The largest absolute Gasteiger partial charge is 0.492 e. The molecule has 0 bridgehead atoms. The number of hydrogen-bond acceptors (Lipinski definition) is 4. The summed E-state index contributed by atoms with van der Waals surface area (Å²) < 4.78 is 5.35. The van der Waals surface area contributed by atoms with Gasteiger partial charge in [0.1, 0.15) is 5.75 Å². The van der Waals surface area contributed by atoms with Gasteiger partial charge in [0.05, 0.1) is 24.7 Å². The second kappa shape index (κ2) is 7.06. The third-order valence-corrected chi connectivity index (χ3v) is 1.98. The Morgan fingerprint density at radius 3 is 3.00 bits per heavy atom. The minimum atomic E-state index is 0.665. The molecule has 1 aromatic heterocycles. The van der Waals surface area contributed by atoms with Crippen LogP contribution in [0, 0.1) is 0 Å². The van der Waals surface area contributed by atoms with E-state index >= 15 is 0 Å². The highest BCUT2D eigenvalue weighted by molar-refractivity contribution is 5.44. The SMILES string of the molecule is CCOc1cncc(NCCCCN)c1. The van der Waals surface area contributed by atoms with Crippen LogP contribution in [0.25, 0.3) is 0 Å². The smallest absolute Gasteiger partial charge is 0.139 e. The Bertz CT molecular complexity index is 278. The first-order valence-electron chi connectivity index (χ1n) is 5.38. The zero-order valence-corrected chi connectivity index (χ0v) is 9.20. The molecule has 0 atom stereocenters. The Hall–Kier alpha value is -1.29. The highest BCUT2D eigenvalue weighted by atomic mass is 16.5. The van der Waals surface area contributed by atoms with E-state index in [2.05, 4.69) is 10.3 Å². The second-order valence-corrected chi connectivity index (χ2v) is 3.26. The first-order chi connectivity index (χ1) is 7.36. The summed E-state index contributed by atoms with van der Waals surface area (Å²) in [5, 5.41) is 3.28. The second-order valence-electron chi connectivity index (χ2n) is 3.26. The van der Waals surface area contributed by atoms with Crippen molar-refractivity contribution in [2.24, 2.45) is 5.73 Å². The molecule has 0 aliphatic heterocycles. The minimum Gasteiger partial charge on any atom is -0.492 e. The fourth-order valence-electron chi connectivity index (χ4n) is 1.26. The van der Waals surface area contributed by atoms with Crippen LogP contribution >= 0.6 is 0 Å². The van der Waals surface area contributed by atoms with E-state index in [9.17, 15) is 0 Å². The molecular weight excluding hydrogens is 190 g/mol. The van der Waals surface area contributed by atoms with Crippen molar-refractivity contribution >= 4 is 5.69 Å². The van der Waals surface area contributed by atoms with Gasteiger partial charge in [0, 0.05) is 12.6 Å². The molecule has 3 N–H and O–H groups in total. The molecule has 0 radical (unpaired) electrons. The summed E-state index contributed by atoms with van der Waals surface area (Å²) >= 11 is 0.